The number of nitrogens with one attached hydrogen (secondary N) is 1. The standard InChI is InChI=1S/C18H19IN2O5S2/c19-14-3-5-15(6-4-14)20-16(22)12-26-18(23)13-7-9-21(10-8-13)28(24,25)17-2-1-11-27-17/h1-6,11,13H,7-10,12H2,(H,20,22). The number of ether oxygens (including phenoxy) is 1. The van der Waals surface area contributed by atoms with Crippen LogP contribution in [0.2, 0.25) is 0 Å². The Morgan fingerprint density at radius 2 is 1.86 bits per heavy atom. The van der Waals surface area contributed by atoms with Crippen LogP contribution < -0.4 is 5.32 Å². The fraction of sp³-hybridized carbons (Fsp3) is 0.333. The third-order valence-corrected chi connectivity index (χ3v) is 8.34. The number of carbonyl (C=O) groups is 2. The Balaban J connectivity index is 1.45. The second kappa shape index (κ2) is 9.33. The number of thiophene rings is 1. The van der Waals surface area contributed by atoms with Crippen molar-refractivity contribution in [3.8, 4) is 0 Å². The van der Waals surface area contributed by atoms with Crippen LogP contribution in [0, 0.1) is 9.49 Å². The van der Waals surface area contributed by atoms with E-state index in [2.05, 4.69) is 27.9 Å². The van der Waals surface area contributed by atoms with E-state index in [0.717, 1.165) is 3.57 Å². The zero-order valence-electron chi connectivity index (χ0n) is 14.8. The van der Waals surface area contributed by atoms with Gasteiger partial charge in [-0.25, -0.2) is 8.42 Å². The summed E-state index contributed by atoms with van der Waals surface area (Å²) in [4.78, 5) is 24.1. The normalized spacial score (nSPS) is 15.9. The molecule has 0 radical (unpaired) electrons. The topological polar surface area (TPSA) is 92.8 Å². The number of piperidine rings is 1. The molecular formula is C18H19IN2O5S2. The zero-order chi connectivity index (χ0) is 20.1. The molecule has 28 heavy (non-hydrogen) atoms. The Labute approximate surface area is 181 Å². The predicted octanol–water partition coefficient (Wildman–Crippen LogP) is 2.94. The average molecular weight is 534 g/mol. The summed E-state index contributed by atoms with van der Waals surface area (Å²) < 4.78 is 32.9. The van der Waals surface area contributed by atoms with Gasteiger partial charge >= 0.3 is 5.97 Å². The van der Waals surface area contributed by atoms with Gasteiger partial charge in [-0.1, -0.05) is 6.07 Å². The molecule has 1 aliphatic rings. The van der Waals surface area contributed by atoms with Crippen molar-refractivity contribution >= 4 is 61.5 Å². The van der Waals surface area contributed by atoms with Gasteiger partial charge in [0.25, 0.3) is 15.9 Å². The van der Waals surface area contributed by atoms with Crippen LogP contribution in [0.3, 0.4) is 0 Å². The molecule has 0 aliphatic carbocycles. The van der Waals surface area contributed by atoms with Crippen molar-refractivity contribution in [2.75, 3.05) is 25.0 Å². The van der Waals surface area contributed by atoms with Gasteiger partial charge in [0.1, 0.15) is 4.21 Å². The van der Waals surface area contributed by atoms with Gasteiger partial charge in [-0.05, 0) is 71.1 Å². The van der Waals surface area contributed by atoms with Crippen molar-refractivity contribution in [1.29, 1.82) is 0 Å². The van der Waals surface area contributed by atoms with Gasteiger partial charge in [0.15, 0.2) is 6.61 Å². The molecule has 1 aromatic heterocycles. The maximum atomic E-state index is 12.5. The highest BCUT2D eigenvalue weighted by atomic mass is 127. The van der Waals surface area contributed by atoms with E-state index in [9.17, 15) is 18.0 Å². The van der Waals surface area contributed by atoms with Gasteiger partial charge in [-0.2, -0.15) is 4.31 Å². The van der Waals surface area contributed by atoms with Crippen molar-refractivity contribution in [2.45, 2.75) is 17.1 Å². The first-order valence-electron chi connectivity index (χ1n) is 8.62. The highest BCUT2D eigenvalue weighted by molar-refractivity contribution is 14.1. The smallest absolute Gasteiger partial charge is 0.309 e. The monoisotopic (exact) mass is 534 g/mol. The highest BCUT2D eigenvalue weighted by Crippen LogP contribution is 2.26. The molecule has 150 valence electrons. The first-order valence-corrected chi connectivity index (χ1v) is 12.0. The van der Waals surface area contributed by atoms with Gasteiger partial charge < -0.3 is 10.1 Å². The quantitative estimate of drug-likeness (QED) is 0.455. The third-order valence-electron chi connectivity index (χ3n) is 4.35. The van der Waals surface area contributed by atoms with Gasteiger partial charge in [0.05, 0.1) is 5.92 Å². The molecule has 1 amide bonds. The van der Waals surface area contributed by atoms with E-state index in [1.54, 1.807) is 29.6 Å². The molecule has 1 aromatic carbocycles. The Hall–Kier alpha value is -1.50. The van der Waals surface area contributed by atoms with Gasteiger partial charge in [-0.3, -0.25) is 9.59 Å². The van der Waals surface area contributed by atoms with E-state index >= 15 is 0 Å². The molecule has 0 bridgehead atoms. The summed E-state index contributed by atoms with van der Waals surface area (Å²) in [5.41, 5.74) is 0.633. The van der Waals surface area contributed by atoms with Crippen LogP contribution in [0.25, 0.3) is 0 Å². The van der Waals surface area contributed by atoms with E-state index in [-0.39, 0.29) is 19.7 Å². The largest absolute Gasteiger partial charge is 0.455 e. The lowest BCUT2D eigenvalue weighted by Crippen LogP contribution is -2.40. The number of halogens is 1. The number of esters is 1. The molecule has 10 heteroatoms. The molecule has 1 fully saturated rings. The zero-order valence-corrected chi connectivity index (χ0v) is 18.6. The van der Waals surface area contributed by atoms with E-state index < -0.39 is 27.8 Å². The number of carbonyl (C=O) groups excluding carboxylic acids is 2. The number of hydrogen-bond donors (Lipinski definition) is 1. The van der Waals surface area contributed by atoms with E-state index in [4.69, 9.17) is 4.74 Å². The average Bonchev–Trinajstić information content (AvgIpc) is 3.24. The maximum Gasteiger partial charge on any atom is 0.309 e. The molecule has 2 heterocycles. The minimum atomic E-state index is -3.50. The number of nitrogens with zero attached hydrogens (tertiary/aromatic N) is 1. The van der Waals surface area contributed by atoms with Gasteiger partial charge in [0.2, 0.25) is 0 Å². The molecule has 1 aliphatic heterocycles. The highest BCUT2D eigenvalue weighted by Gasteiger charge is 2.33. The molecule has 0 atom stereocenters. The Bertz CT molecular complexity index is 921. The Morgan fingerprint density at radius 1 is 1.18 bits per heavy atom. The van der Waals surface area contributed by atoms with Crippen LogP contribution >= 0.6 is 33.9 Å². The van der Waals surface area contributed by atoms with E-state index in [0.29, 0.717) is 22.7 Å². The van der Waals surface area contributed by atoms with Crippen LogP contribution in [0.1, 0.15) is 12.8 Å². The number of benzene rings is 1. The van der Waals surface area contributed by atoms with Gasteiger partial charge in [0, 0.05) is 22.3 Å². The van der Waals surface area contributed by atoms with E-state index in [1.165, 1.54) is 15.6 Å². The van der Waals surface area contributed by atoms with Crippen LogP contribution in [0.4, 0.5) is 5.69 Å². The summed E-state index contributed by atoms with van der Waals surface area (Å²) >= 11 is 3.34. The lowest BCUT2D eigenvalue weighted by Gasteiger charge is -2.29. The number of hydrogen-bond acceptors (Lipinski definition) is 6. The number of amides is 1. The maximum absolute atomic E-state index is 12.5. The molecule has 7 nitrogen and oxygen atoms in total. The molecule has 0 unspecified atom stereocenters. The van der Waals surface area contributed by atoms with Crippen molar-refractivity contribution in [1.82, 2.24) is 4.31 Å². The summed E-state index contributed by atoms with van der Waals surface area (Å²) in [6, 6.07) is 10.5. The van der Waals surface area contributed by atoms with Crippen molar-refractivity contribution in [3.63, 3.8) is 0 Å². The minimum absolute atomic E-state index is 0.259. The van der Waals surface area contributed by atoms with Crippen molar-refractivity contribution < 1.29 is 22.7 Å². The Kier molecular flexibility index (Phi) is 7.07. The molecule has 2 aromatic rings. The minimum Gasteiger partial charge on any atom is -0.455 e. The molecule has 1 N–H and O–H groups in total. The van der Waals surface area contributed by atoms with Crippen molar-refractivity contribution in [3.05, 3.63) is 45.3 Å². The SMILES string of the molecule is O=C(COC(=O)C1CCN(S(=O)(=O)c2cccs2)CC1)Nc1ccc(I)cc1. The molecule has 0 saturated carbocycles. The first kappa shape index (κ1) is 21.2. The predicted molar refractivity (Wildman–Crippen MR) is 115 cm³/mol. The first-order chi connectivity index (χ1) is 13.4. The number of rotatable bonds is 6. The molecule has 3 rings (SSSR count). The fourth-order valence-corrected chi connectivity index (χ4v) is 5.83. The second-order valence-electron chi connectivity index (χ2n) is 6.27. The lowest BCUT2D eigenvalue weighted by molar-refractivity contribution is -0.152. The Morgan fingerprint density at radius 3 is 2.46 bits per heavy atom. The third kappa shape index (κ3) is 5.31. The lowest BCUT2D eigenvalue weighted by atomic mass is 9.98. The summed E-state index contributed by atoms with van der Waals surface area (Å²) in [6.45, 7) is 0.155. The second-order valence-corrected chi connectivity index (χ2v) is 10.6. The van der Waals surface area contributed by atoms with Gasteiger partial charge in [-0.15, -0.1) is 11.3 Å². The summed E-state index contributed by atoms with van der Waals surface area (Å²) in [5, 5.41) is 4.38. The summed E-state index contributed by atoms with van der Waals surface area (Å²) in [6.07, 6.45) is 0.754. The summed E-state index contributed by atoms with van der Waals surface area (Å²) in [7, 11) is -3.50. The number of anilines is 1. The van der Waals surface area contributed by atoms with Crippen molar-refractivity contribution in [2.24, 2.45) is 5.92 Å². The van der Waals surface area contributed by atoms with E-state index in [1.807, 2.05) is 12.1 Å². The molecule has 1 saturated heterocycles. The summed E-state index contributed by atoms with van der Waals surface area (Å²) in [5.74, 6) is -1.28. The molecule has 0 spiro atoms. The van der Waals surface area contributed by atoms with Crippen LogP contribution in [0.15, 0.2) is 46.0 Å². The fourth-order valence-electron chi connectivity index (χ4n) is 2.85. The number of sulfonamides is 1. The van der Waals surface area contributed by atoms with Crippen LogP contribution in [-0.2, 0) is 24.3 Å². The van der Waals surface area contributed by atoms with Crippen LogP contribution in [0.5, 0.6) is 0 Å². The van der Waals surface area contributed by atoms with Crippen LogP contribution in [-0.4, -0.2) is 44.3 Å². The molecular weight excluding hydrogens is 515 g/mol.